The van der Waals surface area contributed by atoms with Crippen molar-refractivity contribution in [3.05, 3.63) is 0 Å². The molecule has 23 heavy (non-hydrogen) atoms. The van der Waals surface area contributed by atoms with Crippen molar-refractivity contribution in [3.63, 3.8) is 0 Å². The van der Waals surface area contributed by atoms with Gasteiger partial charge in [0.1, 0.15) is 0 Å². The fourth-order valence-corrected chi connectivity index (χ4v) is 2.96. The van der Waals surface area contributed by atoms with Crippen LogP contribution < -0.4 is 16.0 Å². The van der Waals surface area contributed by atoms with Crippen LogP contribution in [-0.4, -0.2) is 58.8 Å². The molecule has 0 unspecified atom stereocenters. The Morgan fingerprint density at radius 2 is 2.04 bits per heavy atom. The molecule has 0 aromatic carbocycles. The quantitative estimate of drug-likeness (QED) is 0.702. The maximum absolute atomic E-state index is 11.6. The molecule has 128 valence electrons. The van der Waals surface area contributed by atoms with Crippen molar-refractivity contribution in [1.82, 2.24) is 20.1 Å². The SMILES string of the molecule is CC(C)Cn1c(SCC(=O)NC(N)=O)nnc1N1CCOCC1. The Morgan fingerprint density at radius 3 is 2.65 bits per heavy atom. The van der Waals surface area contributed by atoms with Crippen molar-refractivity contribution in [2.45, 2.75) is 25.5 Å². The molecule has 1 aliphatic heterocycles. The lowest BCUT2D eigenvalue weighted by Gasteiger charge is -2.28. The van der Waals surface area contributed by atoms with E-state index in [2.05, 4.69) is 28.9 Å². The summed E-state index contributed by atoms with van der Waals surface area (Å²) in [6, 6.07) is -0.853. The fraction of sp³-hybridized carbons (Fsp3) is 0.692. The summed E-state index contributed by atoms with van der Waals surface area (Å²) in [6.45, 7) is 7.83. The molecular formula is C13H22N6O3S. The third-order valence-corrected chi connectivity index (χ3v) is 4.10. The summed E-state index contributed by atoms with van der Waals surface area (Å²) in [4.78, 5) is 24.4. The number of nitrogens with two attached hydrogens (primary N) is 1. The second-order valence-corrected chi connectivity index (χ2v) is 6.53. The average molecular weight is 342 g/mol. The number of nitrogens with one attached hydrogen (secondary N) is 1. The maximum atomic E-state index is 11.6. The van der Waals surface area contributed by atoms with E-state index < -0.39 is 11.9 Å². The summed E-state index contributed by atoms with van der Waals surface area (Å²) in [6.07, 6.45) is 0. The van der Waals surface area contributed by atoms with Gasteiger partial charge in [-0.2, -0.15) is 0 Å². The van der Waals surface area contributed by atoms with Crippen LogP contribution in [0.2, 0.25) is 0 Å². The average Bonchev–Trinajstić information content (AvgIpc) is 2.87. The van der Waals surface area contributed by atoms with E-state index >= 15 is 0 Å². The first-order chi connectivity index (χ1) is 11.0. The highest BCUT2D eigenvalue weighted by Crippen LogP contribution is 2.24. The molecular weight excluding hydrogens is 320 g/mol. The van der Waals surface area contributed by atoms with Gasteiger partial charge in [-0.25, -0.2) is 4.79 Å². The van der Waals surface area contributed by atoms with E-state index in [4.69, 9.17) is 10.5 Å². The number of ether oxygens (including phenoxy) is 1. The van der Waals surface area contributed by atoms with Crippen LogP contribution >= 0.6 is 11.8 Å². The van der Waals surface area contributed by atoms with E-state index in [1.807, 2.05) is 9.88 Å². The Morgan fingerprint density at radius 1 is 1.35 bits per heavy atom. The normalized spacial score (nSPS) is 15.0. The van der Waals surface area contributed by atoms with E-state index in [-0.39, 0.29) is 5.75 Å². The molecule has 1 aliphatic rings. The van der Waals surface area contributed by atoms with Crippen molar-refractivity contribution in [1.29, 1.82) is 0 Å². The van der Waals surface area contributed by atoms with Crippen molar-refractivity contribution in [3.8, 4) is 0 Å². The van der Waals surface area contributed by atoms with Crippen LogP contribution in [0.4, 0.5) is 10.7 Å². The van der Waals surface area contributed by atoms with E-state index in [1.165, 1.54) is 11.8 Å². The first-order valence-corrected chi connectivity index (χ1v) is 8.44. The minimum atomic E-state index is -0.853. The molecule has 2 heterocycles. The monoisotopic (exact) mass is 342 g/mol. The number of thioether (sulfide) groups is 1. The lowest BCUT2D eigenvalue weighted by Crippen LogP contribution is -2.38. The van der Waals surface area contributed by atoms with Crippen LogP contribution in [0.5, 0.6) is 0 Å². The number of urea groups is 1. The molecule has 0 aliphatic carbocycles. The standard InChI is InChI=1S/C13H22N6O3S/c1-9(2)7-19-12(18-3-5-22-6-4-18)16-17-13(19)23-8-10(20)15-11(14)21/h9H,3-8H2,1-2H3,(H3,14,15,20,21). The van der Waals surface area contributed by atoms with Crippen LogP contribution in [0.15, 0.2) is 5.16 Å². The van der Waals surface area contributed by atoms with Crippen LogP contribution in [0, 0.1) is 5.92 Å². The number of carbonyl (C=O) groups is 2. The van der Waals surface area contributed by atoms with Gasteiger partial charge < -0.3 is 15.4 Å². The van der Waals surface area contributed by atoms with Gasteiger partial charge in [0, 0.05) is 19.6 Å². The third-order valence-electron chi connectivity index (χ3n) is 3.13. The van der Waals surface area contributed by atoms with Crippen LogP contribution in [0.25, 0.3) is 0 Å². The molecule has 2 rings (SSSR count). The molecule has 10 heteroatoms. The number of hydrogen-bond donors (Lipinski definition) is 2. The van der Waals surface area contributed by atoms with Gasteiger partial charge in [-0.3, -0.25) is 14.7 Å². The Labute approximate surface area is 138 Å². The number of hydrogen-bond acceptors (Lipinski definition) is 7. The van der Waals surface area contributed by atoms with Gasteiger partial charge in [0.2, 0.25) is 11.9 Å². The van der Waals surface area contributed by atoms with Gasteiger partial charge in [0.25, 0.3) is 0 Å². The number of primary amides is 1. The highest BCUT2D eigenvalue weighted by molar-refractivity contribution is 7.99. The maximum Gasteiger partial charge on any atom is 0.318 e. The van der Waals surface area contributed by atoms with Gasteiger partial charge >= 0.3 is 6.03 Å². The second kappa shape index (κ2) is 8.16. The van der Waals surface area contributed by atoms with Gasteiger partial charge in [-0.05, 0) is 5.92 Å². The predicted octanol–water partition coefficient (Wildman–Crippen LogP) is 0.0577. The van der Waals surface area contributed by atoms with Crippen LogP contribution in [-0.2, 0) is 16.1 Å². The van der Waals surface area contributed by atoms with Crippen LogP contribution in [0.1, 0.15) is 13.8 Å². The Bertz CT molecular complexity index is 556. The van der Waals surface area contributed by atoms with E-state index in [9.17, 15) is 9.59 Å². The summed E-state index contributed by atoms with van der Waals surface area (Å²) in [5, 5.41) is 11.2. The number of nitrogens with zero attached hydrogens (tertiary/aromatic N) is 4. The number of carbonyl (C=O) groups excluding carboxylic acids is 2. The molecule has 1 fully saturated rings. The number of aromatic nitrogens is 3. The smallest absolute Gasteiger partial charge is 0.318 e. The Hall–Kier alpha value is -1.81. The number of imide groups is 1. The number of anilines is 1. The van der Waals surface area contributed by atoms with Crippen LogP contribution in [0.3, 0.4) is 0 Å². The van der Waals surface area contributed by atoms with E-state index in [0.29, 0.717) is 24.3 Å². The molecule has 1 aromatic heterocycles. The molecule has 1 aromatic rings. The first kappa shape index (κ1) is 17.5. The van der Waals surface area contributed by atoms with Gasteiger partial charge in [0.15, 0.2) is 5.16 Å². The zero-order chi connectivity index (χ0) is 16.8. The van der Waals surface area contributed by atoms with Crippen molar-refractivity contribution in [2.24, 2.45) is 11.7 Å². The number of morpholine rings is 1. The Balaban J connectivity index is 2.10. The molecule has 9 nitrogen and oxygen atoms in total. The molecule has 0 radical (unpaired) electrons. The fourth-order valence-electron chi connectivity index (χ4n) is 2.21. The molecule has 0 saturated carbocycles. The summed E-state index contributed by atoms with van der Waals surface area (Å²) in [5.74, 6) is 0.807. The molecule has 1 saturated heterocycles. The molecule has 0 spiro atoms. The lowest BCUT2D eigenvalue weighted by atomic mass is 10.2. The Kier molecular flexibility index (Phi) is 6.22. The summed E-state index contributed by atoms with van der Waals surface area (Å²) in [7, 11) is 0. The van der Waals surface area contributed by atoms with Crippen molar-refractivity contribution < 1.29 is 14.3 Å². The third kappa shape index (κ3) is 5.10. The minimum Gasteiger partial charge on any atom is -0.378 e. The highest BCUT2D eigenvalue weighted by atomic mass is 32.2. The zero-order valence-electron chi connectivity index (χ0n) is 13.3. The van der Waals surface area contributed by atoms with Gasteiger partial charge in [0.05, 0.1) is 19.0 Å². The number of rotatable bonds is 6. The second-order valence-electron chi connectivity index (χ2n) is 5.59. The highest BCUT2D eigenvalue weighted by Gasteiger charge is 2.21. The summed E-state index contributed by atoms with van der Waals surface area (Å²) >= 11 is 1.24. The van der Waals surface area contributed by atoms with E-state index in [0.717, 1.165) is 25.6 Å². The molecule has 3 amide bonds. The minimum absolute atomic E-state index is 0.0578. The largest absolute Gasteiger partial charge is 0.378 e. The summed E-state index contributed by atoms with van der Waals surface area (Å²) < 4.78 is 7.38. The zero-order valence-corrected chi connectivity index (χ0v) is 14.1. The predicted molar refractivity (Wildman–Crippen MR) is 86.3 cm³/mol. The van der Waals surface area contributed by atoms with E-state index in [1.54, 1.807) is 0 Å². The summed E-state index contributed by atoms with van der Waals surface area (Å²) in [5.41, 5.74) is 4.93. The molecule has 3 N–H and O–H groups in total. The number of amides is 3. The van der Waals surface area contributed by atoms with Crippen molar-refractivity contribution >= 4 is 29.6 Å². The molecule has 0 atom stereocenters. The van der Waals surface area contributed by atoms with Crippen molar-refractivity contribution in [2.75, 3.05) is 37.0 Å². The van der Waals surface area contributed by atoms with Gasteiger partial charge in [-0.15, -0.1) is 10.2 Å². The first-order valence-electron chi connectivity index (χ1n) is 7.45. The lowest BCUT2D eigenvalue weighted by molar-refractivity contribution is -0.117. The molecule has 0 bridgehead atoms. The van der Waals surface area contributed by atoms with Gasteiger partial charge in [-0.1, -0.05) is 25.6 Å². The topological polar surface area (TPSA) is 115 Å².